The summed E-state index contributed by atoms with van der Waals surface area (Å²) >= 11 is 0. The highest BCUT2D eigenvalue weighted by Gasteiger charge is 2.44. The molecule has 2 aliphatic heterocycles. The number of aliphatic hydroxyl groups excluding tert-OH is 1. The minimum absolute atomic E-state index is 0.0819. The number of benzene rings is 2. The first-order chi connectivity index (χ1) is 18.3. The molecule has 7 heteroatoms. The quantitative estimate of drug-likeness (QED) is 0.272. The third-order valence-electron chi connectivity index (χ3n) is 7.99. The van der Waals surface area contributed by atoms with Crippen molar-refractivity contribution in [2.45, 2.75) is 91.9 Å². The molecule has 2 aliphatic rings. The molecule has 0 aliphatic carbocycles. The van der Waals surface area contributed by atoms with Crippen molar-refractivity contribution >= 4 is 17.4 Å². The normalized spacial score (nSPS) is 20.4. The molecule has 0 bridgehead atoms. The summed E-state index contributed by atoms with van der Waals surface area (Å²) in [5, 5.41) is 32.4. The summed E-state index contributed by atoms with van der Waals surface area (Å²) < 4.78 is 6.47. The fourth-order valence-corrected chi connectivity index (χ4v) is 5.46. The molecule has 39 heavy (non-hydrogen) atoms. The first kappa shape index (κ1) is 28.4. The van der Waals surface area contributed by atoms with Gasteiger partial charge in [-0.25, -0.2) is 0 Å². The Kier molecular flexibility index (Phi) is 7.94. The number of ether oxygens (including phenoxy) is 1. The molecule has 4 rings (SSSR count). The number of aliphatic hydroxyl groups is 1. The van der Waals surface area contributed by atoms with Gasteiger partial charge in [-0.1, -0.05) is 23.3 Å². The van der Waals surface area contributed by atoms with Gasteiger partial charge in [0.1, 0.15) is 22.8 Å². The first-order valence-electron chi connectivity index (χ1n) is 13.5. The van der Waals surface area contributed by atoms with E-state index in [2.05, 4.69) is 32.9 Å². The molecule has 0 radical (unpaired) electrons. The van der Waals surface area contributed by atoms with Crippen molar-refractivity contribution < 1.29 is 29.6 Å². The molecule has 7 nitrogen and oxygen atoms in total. The van der Waals surface area contributed by atoms with Crippen LogP contribution in [0.4, 0.5) is 5.69 Å². The zero-order valence-corrected chi connectivity index (χ0v) is 23.7. The Labute approximate surface area is 230 Å². The molecule has 0 fully saturated rings. The maximum atomic E-state index is 13.5. The van der Waals surface area contributed by atoms with E-state index in [4.69, 9.17) is 4.74 Å². The largest absolute Gasteiger partial charge is 0.508 e. The van der Waals surface area contributed by atoms with Crippen LogP contribution in [0.3, 0.4) is 0 Å². The van der Waals surface area contributed by atoms with Gasteiger partial charge in [-0.15, -0.1) is 0 Å². The van der Waals surface area contributed by atoms with Crippen molar-refractivity contribution in [1.82, 2.24) is 0 Å². The van der Waals surface area contributed by atoms with Gasteiger partial charge in [-0.3, -0.25) is 9.59 Å². The molecule has 0 saturated carbocycles. The number of phenolic OH excluding ortho intramolecular Hbond substituents is 2. The summed E-state index contributed by atoms with van der Waals surface area (Å²) in [5.41, 5.74) is 4.28. The Balaban J connectivity index is 1.60. The second-order valence-electron chi connectivity index (χ2n) is 11.3. The van der Waals surface area contributed by atoms with Crippen LogP contribution in [-0.2, 0) is 13.0 Å². The highest BCUT2D eigenvalue weighted by atomic mass is 16.5. The standard InChI is InChI=1S/C32H39NO6/c1-18(2)9-7-10-19(3)11-8-14-32(6)28(36)16-24-27(35)15-23-25(30(24)39-32)17-33(31(23)38)26-13-12-22(21(5)34)29(37)20(26)4/h9,11-13,15,28,35-37H,7-8,10,14,16-17H2,1-6H3/b19-11+. The predicted octanol–water partition coefficient (Wildman–Crippen LogP) is 6.30. The molecule has 3 N–H and O–H groups in total. The first-order valence-corrected chi connectivity index (χ1v) is 13.5. The number of hydrogen-bond donors (Lipinski definition) is 3. The molecule has 0 aromatic heterocycles. The predicted molar refractivity (Wildman–Crippen MR) is 152 cm³/mol. The van der Waals surface area contributed by atoms with Crippen molar-refractivity contribution in [1.29, 1.82) is 0 Å². The van der Waals surface area contributed by atoms with Crippen LogP contribution in [0, 0.1) is 6.92 Å². The lowest BCUT2D eigenvalue weighted by Gasteiger charge is -2.40. The molecule has 2 unspecified atom stereocenters. The van der Waals surface area contributed by atoms with E-state index in [-0.39, 0.29) is 41.7 Å². The van der Waals surface area contributed by atoms with Crippen LogP contribution in [-0.4, -0.2) is 38.7 Å². The van der Waals surface area contributed by atoms with E-state index >= 15 is 0 Å². The molecule has 2 aromatic rings. The zero-order chi connectivity index (χ0) is 28.6. The number of phenols is 2. The van der Waals surface area contributed by atoms with Crippen molar-refractivity contribution in [3.63, 3.8) is 0 Å². The van der Waals surface area contributed by atoms with Gasteiger partial charge in [-0.05, 0) is 85.4 Å². The number of aromatic hydroxyl groups is 2. The highest BCUT2D eigenvalue weighted by molar-refractivity contribution is 6.12. The Morgan fingerprint density at radius 2 is 1.85 bits per heavy atom. The van der Waals surface area contributed by atoms with E-state index < -0.39 is 11.7 Å². The van der Waals surface area contributed by atoms with Crippen LogP contribution in [0.15, 0.2) is 41.5 Å². The van der Waals surface area contributed by atoms with Crippen molar-refractivity contribution in [3.05, 3.63) is 69.3 Å². The van der Waals surface area contributed by atoms with Gasteiger partial charge < -0.3 is 25.0 Å². The number of rotatable bonds is 8. The fraction of sp³-hybridized carbons (Fsp3) is 0.438. The molecule has 1 amide bonds. The lowest BCUT2D eigenvalue weighted by molar-refractivity contribution is -0.0597. The number of hydrogen-bond acceptors (Lipinski definition) is 6. The smallest absolute Gasteiger partial charge is 0.259 e. The number of amides is 1. The van der Waals surface area contributed by atoms with Crippen LogP contribution < -0.4 is 9.64 Å². The minimum Gasteiger partial charge on any atom is -0.508 e. The average molecular weight is 534 g/mol. The zero-order valence-electron chi connectivity index (χ0n) is 23.7. The summed E-state index contributed by atoms with van der Waals surface area (Å²) in [6, 6.07) is 4.61. The van der Waals surface area contributed by atoms with E-state index in [1.54, 1.807) is 13.0 Å². The van der Waals surface area contributed by atoms with Crippen LogP contribution >= 0.6 is 0 Å². The Morgan fingerprint density at radius 3 is 2.51 bits per heavy atom. The number of anilines is 1. The Hall–Kier alpha value is -3.58. The topological polar surface area (TPSA) is 107 Å². The van der Waals surface area contributed by atoms with E-state index in [0.717, 1.165) is 19.3 Å². The van der Waals surface area contributed by atoms with Gasteiger partial charge in [0.15, 0.2) is 5.78 Å². The fourth-order valence-electron chi connectivity index (χ4n) is 5.46. The molecular weight excluding hydrogens is 494 g/mol. The lowest BCUT2D eigenvalue weighted by atomic mass is 9.84. The molecule has 0 spiro atoms. The van der Waals surface area contributed by atoms with Crippen LogP contribution in [0.1, 0.15) is 97.7 Å². The number of carbonyl (C=O) groups is 2. The van der Waals surface area contributed by atoms with Gasteiger partial charge in [-0.2, -0.15) is 0 Å². The highest BCUT2D eigenvalue weighted by Crippen LogP contribution is 2.47. The molecule has 2 heterocycles. The SMILES string of the molecule is CC(=O)c1ccc(N2Cc3c(cc(O)c4c3OC(C)(CC/C=C(\C)CCC=C(C)C)C(O)C4)C2=O)c(C)c1O. The van der Waals surface area contributed by atoms with E-state index in [0.29, 0.717) is 40.1 Å². The van der Waals surface area contributed by atoms with Gasteiger partial charge in [0.2, 0.25) is 0 Å². The summed E-state index contributed by atoms with van der Waals surface area (Å²) in [7, 11) is 0. The summed E-state index contributed by atoms with van der Waals surface area (Å²) in [6.07, 6.45) is 7.10. The van der Waals surface area contributed by atoms with Crippen molar-refractivity contribution in [3.8, 4) is 17.2 Å². The van der Waals surface area contributed by atoms with E-state index in [9.17, 15) is 24.9 Å². The van der Waals surface area contributed by atoms with Crippen LogP contribution in [0.2, 0.25) is 0 Å². The van der Waals surface area contributed by atoms with Gasteiger partial charge in [0, 0.05) is 23.1 Å². The third-order valence-corrected chi connectivity index (χ3v) is 7.99. The van der Waals surface area contributed by atoms with Gasteiger partial charge in [0.05, 0.1) is 29.5 Å². The average Bonchev–Trinajstić information content (AvgIpc) is 3.17. The maximum Gasteiger partial charge on any atom is 0.259 e. The van der Waals surface area contributed by atoms with Gasteiger partial charge >= 0.3 is 0 Å². The molecule has 2 atom stereocenters. The molecule has 0 saturated heterocycles. The summed E-state index contributed by atoms with van der Waals surface area (Å²) in [4.78, 5) is 26.8. The third kappa shape index (κ3) is 5.46. The summed E-state index contributed by atoms with van der Waals surface area (Å²) in [6.45, 7) is 11.4. The number of fused-ring (bicyclic) bond motifs is 3. The maximum absolute atomic E-state index is 13.5. The number of ketones is 1. The number of Topliss-reactive ketones (excluding diaryl/α,β-unsaturated/α-hetero) is 1. The van der Waals surface area contributed by atoms with Crippen molar-refractivity contribution in [2.24, 2.45) is 0 Å². The molecule has 2 aromatic carbocycles. The lowest BCUT2D eigenvalue weighted by Crippen LogP contribution is -2.49. The van der Waals surface area contributed by atoms with Crippen LogP contribution in [0.5, 0.6) is 17.2 Å². The van der Waals surface area contributed by atoms with Crippen LogP contribution in [0.25, 0.3) is 0 Å². The second kappa shape index (κ2) is 10.9. The monoisotopic (exact) mass is 533 g/mol. The summed E-state index contributed by atoms with van der Waals surface area (Å²) in [5.74, 6) is -0.375. The Morgan fingerprint density at radius 1 is 1.13 bits per heavy atom. The molecular formula is C32H39NO6. The number of carbonyl (C=O) groups excluding carboxylic acids is 2. The van der Waals surface area contributed by atoms with E-state index in [1.165, 1.54) is 35.1 Å². The molecule has 208 valence electrons. The van der Waals surface area contributed by atoms with Crippen molar-refractivity contribution in [2.75, 3.05) is 4.90 Å². The number of allylic oxidation sites excluding steroid dienone is 4. The van der Waals surface area contributed by atoms with Gasteiger partial charge in [0.25, 0.3) is 5.91 Å². The number of nitrogens with zero attached hydrogens (tertiary/aromatic N) is 1. The minimum atomic E-state index is -0.890. The Bertz CT molecular complexity index is 1380. The van der Waals surface area contributed by atoms with E-state index in [1.807, 2.05) is 6.92 Å². The second-order valence-corrected chi connectivity index (χ2v) is 11.3.